The predicted octanol–water partition coefficient (Wildman–Crippen LogP) is 4.72. The zero-order chi connectivity index (χ0) is 20.4. The average Bonchev–Trinajstić information content (AvgIpc) is 2.68. The van der Waals surface area contributed by atoms with Crippen molar-refractivity contribution in [3.63, 3.8) is 0 Å². The number of nitrogens with one attached hydrogen (secondary N) is 1. The predicted molar refractivity (Wildman–Crippen MR) is 99.4 cm³/mol. The van der Waals surface area contributed by atoms with Crippen molar-refractivity contribution in [1.29, 1.82) is 0 Å². The molecule has 0 aliphatic carbocycles. The third-order valence-electron chi connectivity index (χ3n) is 4.00. The second-order valence-electron chi connectivity index (χ2n) is 6.13. The Morgan fingerprint density at radius 2 is 1.86 bits per heavy atom. The summed E-state index contributed by atoms with van der Waals surface area (Å²) >= 11 is 0. The Morgan fingerprint density at radius 1 is 1.11 bits per heavy atom. The van der Waals surface area contributed by atoms with Gasteiger partial charge >= 0.3 is 12.3 Å². The first-order valence-corrected chi connectivity index (χ1v) is 8.88. The Morgan fingerprint density at radius 3 is 2.54 bits per heavy atom. The van der Waals surface area contributed by atoms with E-state index in [9.17, 15) is 18.0 Å². The molecule has 0 unspecified atom stereocenters. The second kappa shape index (κ2) is 10.4. The highest BCUT2D eigenvalue weighted by Crippen LogP contribution is 2.32. The maximum atomic E-state index is 13.0. The summed E-state index contributed by atoms with van der Waals surface area (Å²) in [7, 11) is 0. The van der Waals surface area contributed by atoms with Gasteiger partial charge in [0, 0.05) is 6.54 Å². The van der Waals surface area contributed by atoms with Crippen LogP contribution in [0.15, 0.2) is 42.5 Å². The molecular formula is C21H21F3N2O2. The molecule has 2 rings (SSSR count). The summed E-state index contributed by atoms with van der Waals surface area (Å²) in [6.07, 6.45) is 2.17. The number of amides is 1. The van der Waals surface area contributed by atoms with E-state index in [1.54, 1.807) is 0 Å². The maximum absolute atomic E-state index is 13.0. The standard InChI is InChI=1S/C21H21F3N2O2/c1-2-17-12-13-18(21(22,23)24)19(26-17)11-7-4-8-14-25-20(27)28-15-16-9-5-3-6-10-16/h1,3,5-6,9-10,12-13H,4,7-8,11,14-15H2,(H,25,27). The molecule has 4 nitrogen and oxygen atoms in total. The Hall–Kier alpha value is -3.01. The van der Waals surface area contributed by atoms with Crippen LogP contribution in [0.1, 0.15) is 41.8 Å². The molecule has 0 spiro atoms. The van der Waals surface area contributed by atoms with Gasteiger partial charge in [0.05, 0.1) is 11.3 Å². The lowest BCUT2D eigenvalue weighted by Gasteiger charge is -2.12. The van der Waals surface area contributed by atoms with Crippen LogP contribution in [0.25, 0.3) is 0 Å². The number of alkyl carbamates (subject to hydrolysis) is 1. The van der Waals surface area contributed by atoms with Gasteiger partial charge in [-0.3, -0.25) is 0 Å². The number of carbonyl (C=O) groups is 1. The van der Waals surface area contributed by atoms with Crippen LogP contribution in [0.3, 0.4) is 0 Å². The Kier molecular flexibility index (Phi) is 7.88. The lowest BCUT2D eigenvalue weighted by atomic mass is 10.1. The topological polar surface area (TPSA) is 51.2 Å². The largest absolute Gasteiger partial charge is 0.445 e. The highest BCUT2D eigenvalue weighted by atomic mass is 19.4. The normalized spacial score (nSPS) is 10.9. The number of terminal acetylenes is 1. The Labute approximate surface area is 162 Å². The summed E-state index contributed by atoms with van der Waals surface area (Å²) in [5, 5.41) is 2.62. The number of halogens is 3. The molecule has 0 radical (unpaired) electrons. The summed E-state index contributed by atoms with van der Waals surface area (Å²) in [5.41, 5.74) is 0.276. The van der Waals surface area contributed by atoms with Gasteiger partial charge in [-0.05, 0) is 37.0 Å². The lowest BCUT2D eigenvalue weighted by Crippen LogP contribution is -2.25. The number of benzene rings is 1. The van der Waals surface area contributed by atoms with Crippen molar-refractivity contribution in [2.75, 3.05) is 6.54 Å². The van der Waals surface area contributed by atoms with E-state index < -0.39 is 17.8 Å². The molecule has 1 heterocycles. The lowest BCUT2D eigenvalue weighted by molar-refractivity contribution is -0.138. The van der Waals surface area contributed by atoms with E-state index >= 15 is 0 Å². The molecule has 0 fully saturated rings. The van der Waals surface area contributed by atoms with Gasteiger partial charge in [0.1, 0.15) is 12.3 Å². The number of ether oxygens (including phenoxy) is 1. The van der Waals surface area contributed by atoms with Crippen molar-refractivity contribution in [3.8, 4) is 12.3 Å². The quantitative estimate of drug-likeness (QED) is 0.524. The van der Waals surface area contributed by atoms with Crippen molar-refractivity contribution >= 4 is 6.09 Å². The van der Waals surface area contributed by atoms with E-state index in [0.29, 0.717) is 25.8 Å². The van der Waals surface area contributed by atoms with Crippen LogP contribution in [0.4, 0.5) is 18.0 Å². The van der Waals surface area contributed by atoms with Gasteiger partial charge in [-0.25, -0.2) is 9.78 Å². The molecular weight excluding hydrogens is 369 g/mol. The van der Waals surface area contributed by atoms with Crippen molar-refractivity contribution < 1.29 is 22.7 Å². The zero-order valence-electron chi connectivity index (χ0n) is 15.3. The molecule has 0 saturated heterocycles. The molecule has 148 valence electrons. The molecule has 0 bridgehead atoms. The fraction of sp³-hybridized carbons (Fsp3) is 0.333. The molecule has 1 aromatic heterocycles. The van der Waals surface area contributed by atoms with E-state index in [0.717, 1.165) is 11.6 Å². The van der Waals surface area contributed by atoms with Crippen LogP contribution in [-0.2, 0) is 23.9 Å². The van der Waals surface area contributed by atoms with E-state index in [1.807, 2.05) is 30.3 Å². The molecule has 0 saturated carbocycles. The number of unbranched alkanes of at least 4 members (excludes halogenated alkanes) is 2. The number of hydrogen-bond acceptors (Lipinski definition) is 3. The first kappa shape index (κ1) is 21.3. The van der Waals surface area contributed by atoms with E-state index in [-0.39, 0.29) is 24.4 Å². The molecule has 2 aromatic rings. The number of aromatic nitrogens is 1. The van der Waals surface area contributed by atoms with Gasteiger partial charge in [-0.1, -0.05) is 42.7 Å². The number of carbonyl (C=O) groups excluding carboxylic acids is 1. The van der Waals surface area contributed by atoms with Gasteiger partial charge in [-0.2, -0.15) is 13.2 Å². The summed E-state index contributed by atoms with van der Waals surface area (Å²) in [6.45, 7) is 0.571. The molecule has 0 aliphatic rings. The van der Waals surface area contributed by atoms with Crippen LogP contribution in [0.2, 0.25) is 0 Å². The first-order chi connectivity index (χ1) is 13.4. The monoisotopic (exact) mass is 390 g/mol. The summed E-state index contributed by atoms with van der Waals surface area (Å²) < 4.78 is 44.2. The third-order valence-corrected chi connectivity index (χ3v) is 4.00. The zero-order valence-corrected chi connectivity index (χ0v) is 15.3. The number of nitrogens with zero attached hydrogens (tertiary/aromatic N) is 1. The van der Waals surface area contributed by atoms with Crippen LogP contribution in [0, 0.1) is 12.3 Å². The van der Waals surface area contributed by atoms with E-state index in [1.165, 1.54) is 6.07 Å². The maximum Gasteiger partial charge on any atom is 0.418 e. The highest BCUT2D eigenvalue weighted by molar-refractivity contribution is 5.67. The van der Waals surface area contributed by atoms with E-state index in [4.69, 9.17) is 11.2 Å². The summed E-state index contributed by atoms with van der Waals surface area (Å²) in [5.74, 6) is 2.25. The highest BCUT2D eigenvalue weighted by Gasteiger charge is 2.33. The number of pyridine rings is 1. The SMILES string of the molecule is C#Cc1ccc(C(F)(F)F)c(CCCCCNC(=O)OCc2ccccc2)n1. The fourth-order valence-electron chi connectivity index (χ4n) is 2.59. The molecule has 1 N–H and O–H groups in total. The molecule has 7 heteroatoms. The Balaban J connectivity index is 1.69. The molecule has 28 heavy (non-hydrogen) atoms. The second-order valence-corrected chi connectivity index (χ2v) is 6.13. The minimum atomic E-state index is -4.46. The molecule has 1 amide bonds. The van der Waals surface area contributed by atoms with Crippen molar-refractivity contribution in [3.05, 3.63) is 65.0 Å². The fourth-order valence-corrected chi connectivity index (χ4v) is 2.59. The van der Waals surface area contributed by atoms with Gasteiger partial charge in [0.15, 0.2) is 0 Å². The number of aryl methyl sites for hydroxylation is 1. The smallest absolute Gasteiger partial charge is 0.418 e. The van der Waals surface area contributed by atoms with E-state index in [2.05, 4.69) is 16.2 Å². The Bertz CT molecular complexity index is 815. The van der Waals surface area contributed by atoms with Crippen LogP contribution in [0.5, 0.6) is 0 Å². The van der Waals surface area contributed by atoms with Crippen molar-refractivity contribution in [1.82, 2.24) is 10.3 Å². The van der Waals surface area contributed by atoms with Crippen LogP contribution >= 0.6 is 0 Å². The minimum absolute atomic E-state index is 0.0434. The number of rotatable bonds is 8. The summed E-state index contributed by atoms with van der Waals surface area (Å²) in [4.78, 5) is 15.5. The first-order valence-electron chi connectivity index (χ1n) is 8.88. The molecule has 0 atom stereocenters. The van der Waals surface area contributed by atoms with Crippen LogP contribution < -0.4 is 5.32 Å². The number of hydrogen-bond donors (Lipinski definition) is 1. The third kappa shape index (κ3) is 6.95. The molecule has 0 aliphatic heterocycles. The van der Waals surface area contributed by atoms with Gasteiger partial charge in [-0.15, -0.1) is 6.42 Å². The van der Waals surface area contributed by atoms with Crippen LogP contribution in [-0.4, -0.2) is 17.6 Å². The average molecular weight is 390 g/mol. The number of alkyl halides is 3. The minimum Gasteiger partial charge on any atom is -0.445 e. The molecule has 1 aromatic carbocycles. The van der Waals surface area contributed by atoms with Gasteiger partial charge in [0.25, 0.3) is 0 Å². The van der Waals surface area contributed by atoms with Crippen molar-refractivity contribution in [2.24, 2.45) is 0 Å². The van der Waals surface area contributed by atoms with Crippen molar-refractivity contribution in [2.45, 2.75) is 38.5 Å². The summed E-state index contributed by atoms with van der Waals surface area (Å²) in [6, 6.07) is 11.5. The van der Waals surface area contributed by atoms with Gasteiger partial charge in [0.2, 0.25) is 0 Å². The van der Waals surface area contributed by atoms with Gasteiger partial charge < -0.3 is 10.1 Å².